The summed E-state index contributed by atoms with van der Waals surface area (Å²) in [5.74, 6) is -0.00620. The highest BCUT2D eigenvalue weighted by Gasteiger charge is 2.52. The summed E-state index contributed by atoms with van der Waals surface area (Å²) in [5.41, 5.74) is 5.60. The summed E-state index contributed by atoms with van der Waals surface area (Å²) in [5, 5.41) is 7.56. The van der Waals surface area contributed by atoms with Crippen molar-refractivity contribution < 1.29 is 18.8 Å². The molecule has 6 heteroatoms. The predicted octanol–water partition coefficient (Wildman–Crippen LogP) is 8.55. The van der Waals surface area contributed by atoms with E-state index in [1.807, 2.05) is 52.0 Å². The van der Waals surface area contributed by atoms with Crippen LogP contribution in [0.3, 0.4) is 0 Å². The molecule has 1 saturated heterocycles. The number of hydrogen-bond donors (Lipinski definition) is 1. The normalized spacial score (nSPS) is 17.1. The zero-order valence-electron chi connectivity index (χ0n) is 25.6. The molecule has 1 fully saturated rings. The minimum Gasteiger partial charge on any atom is -0.449 e. The number of ether oxygens (including phenoxy) is 1. The predicted molar refractivity (Wildman–Crippen MR) is 179 cm³/mol. The van der Waals surface area contributed by atoms with Crippen LogP contribution in [0.15, 0.2) is 109 Å². The molecule has 5 nitrogen and oxygen atoms in total. The highest BCUT2D eigenvalue weighted by atomic mass is 16.7. The molecule has 0 bridgehead atoms. The number of alkyl carbamates (subject to hydrolysis) is 1. The first-order valence-electron chi connectivity index (χ1n) is 15.3. The van der Waals surface area contributed by atoms with Gasteiger partial charge in [0.2, 0.25) is 0 Å². The van der Waals surface area contributed by atoms with Crippen molar-refractivity contribution in [3.63, 3.8) is 0 Å². The quantitative estimate of drug-likeness (QED) is 0.161. The summed E-state index contributed by atoms with van der Waals surface area (Å²) in [6, 6.07) is 35.6. The second kappa shape index (κ2) is 11.0. The smallest absolute Gasteiger partial charge is 0.449 e. The van der Waals surface area contributed by atoms with E-state index in [0.717, 1.165) is 32.6 Å². The standard InChI is InChI=1S/C38H36BNO4/c1-37(2)38(3,4)44-39(43-37)27(22-34-28-15-7-5-13-25(28)21-26-14-6-8-16-29(26)34)23-40-36(41)42-24-35-32-19-11-9-17-30(32)31-18-10-12-20-33(31)35/h5-22,35H,23-24H2,1-4H3,(H,40,41). The topological polar surface area (TPSA) is 56.8 Å². The van der Waals surface area contributed by atoms with Gasteiger partial charge in [0, 0.05) is 12.5 Å². The fourth-order valence-corrected chi connectivity index (χ4v) is 6.41. The van der Waals surface area contributed by atoms with Crippen LogP contribution in [-0.2, 0) is 14.0 Å². The molecule has 0 spiro atoms. The van der Waals surface area contributed by atoms with E-state index in [4.69, 9.17) is 14.0 Å². The Hall–Kier alpha value is -4.39. The number of amides is 1. The number of fused-ring (bicyclic) bond motifs is 5. The van der Waals surface area contributed by atoms with Crippen LogP contribution < -0.4 is 5.32 Å². The zero-order chi connectivity index (χ0) is 30.5. The van der Waals surface area contributed by atoms with Gasteiger partial charge in [0.15, 0.2) is 0 Å². The molecule has 7 rings (SSSR count). The van der Waals surface area contributed by atoms with Crippen molar-refractivity contribution in [1.29, 1.82) is 0 Å². The Bertz CT molecular complexity index is 1810. The molecule has 5 aromatic carbocycles. The number of benzene rings is 5. The molecule has 1 N–H and O–H groups in total. The van der Waals surface area contributed by atoms with Gasteiger partial charge in [-0.15, -0.1) is 0 Å². The van der Waals surface area contributed by atoms with E-state index in [0.29, 0.717) is 0 Å². The molecule has 220 valence electrons. The van der Waals surface area contributed by atoms with Gasteiger partial charge in [0.05, 0.1) is 11.2 Å². The second-order valence-corrected chi connectivity index (χ2v) is 12.7. The Kier molecular flexibility index (Phi) is 7.07. The van der Waals surface area contributed by atoms with E-state index >= 15 is 0 Å². The van der Waals surface area contributed by atoms with Crippen LogP contribution in [0.2, 0.25) is 0 Å². The van der Waals surface area contributed by atoms with Crippen molar-refractivity contribution >= 4 is 40.8 Å². The molecule has 0 saturated carbocycles. The molecule has 0 unspecified atom stereocenters. The van der Waals surface area contributed by atoms with Crippen LogP contribution in [0.1, 0.15) is 50.3 Å². The van der Waals surface area contributed by atoms with Crippen LogP contribution in [0, 0.1) is 0 Å². The van der Waals surface area contributed by atoms with Crippen molar-refractivity contribution in [2.45, 2.75) is 44.8 Å². The third-order valence-corrected chi connectivity index (χ3v) is 9.48. The number of carbonyl (C=O) groups is 1. The lowest BCUT2D eigenvalue weighted by Crippen LogP contribution is -2.41. The molecule has 1 heterocycles. The molecule has 5 aromatic rings. The summed E-state index contributed by atoms with van der Waals surface area (Å²) < 4.78 is 18.8. The third-order valence-electron chi connectivity index (χ3n) is 9.48. The van der Waals surface area contributed by atoms with E-state index in [2.05, 4.69) is 90.3 Å². The van der Waals surface area contributed by atoms with Gasteiger partial charge in [0.25, 0.3) is 0 Å². The van der Waals surface area contributed by atoms with Gasteiger partial charge in [-0.1, -0.05) is 103 Å². The highest BCUT2D eigenvalue weighted by Crippen LogP contribution is 2.44. The average Bonchev–Trinajstić information content (AvgIpc) is 3.46. The Morgan fingerprint density at radius 2 is 1.27 bits per heavy atom. The number of carbonyl (C=O) groups excluding carboxylic acids is 1. The van der Waals surface area contributed by atoms with Gasteiger partial charge in [-0.2, -0.15) is 0 Å². The summed E-state index contributed by atoms with van der Waals surface area (Å²) in [6.45, 7) is 8.62. The summed E-state index contributed by atoms with van der Waals surface area (Å²) >= 11 is 0. The first-order valence-corrected chi connectivity index (χ1v) is 15.3. The first-order chi connectivity index (χ1) is 21.2. The molecule has 1 aliphatic heterocycles. The van der Waals surface area contributed by atoms with Crippen molar-refractivity contribution in [3.05, 3.63) is 125 Å². The summed E-state index contributed by atoms with van der Waals surface area (Å²) in [6.07, 6.45) is 1.65. The fraction of sp³-hybridized carbons (Fsp3) is 0.237. The minimum atomic E-state index is -0.633. The Morgan fingerprint density at radius 1 is 0.773 bits per heavy atom. The molecule has 0 radical (unpaired) electrons. The Balaban J connectivity index is 1.18. The molecular weight excluding hydrogens is 545 g/mol. The van der Waals surface area contributed by atoms with Crippen molar-refractivity contribution in [2.24, 2.45) is 0 Å². The molecule has 0 atom stereocenters. The second-order valence-electron chi connectivity index (χ2n) is 12.7. The first kappa shape index (κ1) is 28.4. The van der Waals surface area contributed by atoms with E-state index < -0.39 is 24.4 Å². The van der Waals surface area contributed by atoms with Gasteiger partial charge in [-0.05, 0) is 88.6 Å². The Morgan fingerprint density at radius 3 is 1.84 bits per heavy atom. The van der Waals surface area contributed by atoms with Gasteiger partial charge in [-0.25, -0.2) is 4.79 Å². The van der Waals surface area contributed by atoms with Crippen molar-refractivity contribution in [3.8, 4) is 11.1 Å². The maximum absolute atomic E-state index is 13.2. The number of nitrogens with one attached hydrogen (secondary N) is 1. The van der Waals surface area contributed by atoms with Crippen LogP contribution >= 0.6 is 0 Å². The molecule has 1 amide bonds. The average molecular weight is 582 g/mol. The lowest BCUT2D eigenvalue weighted by molar-refractivity contribution is 0.00578. The number of hydrogen-bond acceptors (Lipinski definition) is 4. The zero-order valence-corrected chi connectivity index (χ0v) is 25.6. The maximum Gasteiger partial charge on any atom is 0.492 e. The fourth-order valence-electron chi connectivity index (χ4n) is 6.41. The molecule has 44 heavy (non-hydrogen) atoms. The molecular formula is C38H36BNO4. The van der Waals surface area contributed by atoms with Crippen molar-refractivity contribution in [1.82, 2.24) is 5.32 Å². The SMILES string of the molecule is CC1(C)OB(C(=Cc2c3ccccc3cc3ccccc23)CNC(=O)OCC2c3ccccc3-c3ccccc32)OC1(C)C. The summed E-state index contributed by atoms with van der Waals surface area (Å²) in [4.78, 5) is 13.2. The van der Waals surface area contributed by atoms with E-state index in [9.17, 15) is 4.79 Å². The molecule has 1 aliphatic carbocycles. The minimum absolute atomic E-state index is 0.00620. The maximum atomic E-state index is 13.2. The van der Waals surface area contributed by atoms with Crippen LogP contribution in [-0.4, -0.2) is 37.6 Å². The molecule has 0 aromatic heterocycles. The lowest BCUT2D eigenvalue weighted by Gasteiger charge is -2.32. The highest BCUT2D eigenvalue weighted by molar-refractivity contribution is 6.56. The largest absolute Gasteiger partial charge is 0.492 e. The van der Waals surface area contributed by atoms with Gasteiger partial charge in [0.1, 0.15) is 6.61 Å². The number of rotatable bonds is 6. The monoisotopic (exact) mass is 581 g/mol. The molecule has 2 aliphatic rings. The third kappa shape index (κ3) is 4.98. The van der Waals surface area contributed by atoms with Crippen LogP contribution in [0.5, 0.6) is 0 Å². The van der Waals surface area contributed by atoms with Gasteiger partial charge >= 0.3 is 13.2 Å². The van der Waals surface area contributed by atoms with E-state index in [1.54, 1.807) is 0 Å². The lowest BCUT2D eigenvalue weighted by atomic mass is 9.76. The van der Waals surface area contributed by atoms with Crippen molar-refractivity contribution in [2.75, 3.05) is 13.2 Å². The van der Waals surface area contributed by atoms with E-state index in [-0.39, 0.29) is 19.1 Å². The van der Waals surface area contributed by atoms with E-state index in [1.165, 1.54) is 22.3 Å². The van der Waals surface area contributed by atoms with Gasteiger partial charge < -0.3 is 19.4 Å². The summed E-state index contributed by atoms with van der Waals surface area (Å²) in [7, 11) is -0.633. The van der Waals surface area contributed by atoms with Gasteiger partial charge in [-0.3, -0.25) is 0 Å². The Labute approximate surface area is 259 Å². The van der Waals surface area contributed by atoms with Crippen LogP contribution in [0.4, 0.5) is 4.79 Å². The van der Waals surface area contributed by atoms with Crippen LogP contribution in [0.25, 0.3) is 38.7 Å².